The first-order valence-electron chi connectivity index (χ1n) is 8.84. The van der Waals surface area contributed by atoms with Crippen LogP contribution in [-0.2, 0) is 9.47 Å². The van der Waals surface area contributed by atoms with Crippen molar-refractivity contribution in [3.8, 4) is 5.75 Å². The van der Waals surface area contributed by atoms with E-state index in [-0.39, 0.29) is 5.60 Å². The molecule has 1 aromatic rings. The number of para-hydroxylation sites is 1. The van der Waals surface area contributed by atoms with Crippen LogP contribution in [0.3, 0.4) is 0 Å². The fourth-order valence-corrected chi connectivity index (χ4v) is 4.31. The molecular weight excluding hydrogens is 302 g/mol. The number of methoxy groups -OCH3 is 3. The molecule has 1 saturated heterocycles. The van der Waals surface area contributed by atoms with E-state index < -0.39 is 0 Å². The maximum Gasteiger partial charge on any atom is 0.126 e. The molecule has 3 rings (SSSR count). The van der Waals surface area contributed by atoms with Crippen molar-refractivity contribution >= 4 is 6.08 Å². The highest BCUT2D eigenvalue weighted by molar-refractivity contribution is 5.57. The van der Waals surface area contributed by atoms with E-state index in [1.165, 1.54) is 0 Å². The van der Waals surface area contributed by atoms with Crippen molar-refractivity contribution in [2.45, 2.75) is 43.4 Å². The van der Waals surface area contributed by atoms with Gasteiger partial charge in [-0.25, -0.2) is 0 Å². The molecule has 0 bridgehead atoms. The molecule has 4 heteroatoms. The molecule has 1 saturated carbocycles. The summed E-state index contributed by atoms with van der Waals surface area (Å²) in [4.78, 5) is 2.54. The maximum atomic E-state index is 5.99. The molecule has 2 aliphatic rings. The number of ether oxygens (including phenoxy) is 3. The van der Waals surface area contributed by atoms with Gasteiger partial charge in [-0.1, -0.05) is 30.4 Å². The first-order chi connectivity index (χ1) is 11.7. The van der Waals surface area contributed by atoms with Crippen LogP contribution in [0.15, 0.2) is 30.3 Å². The highest BCUT2D eigenvalue weighted by Gasteiger charge is 2.50. The lowest BCUT2D eigenvalue weighted by Gasteiger charge is -2.43. The molecule has 0 amide bonds. The average molecular weight is 331 g/mol. The van der Waals surface area contributed by atoms with Crippen LogP contribution in [0.5, 0.6) is 5.75 Å². The lowest BCUT2D eigenvalue weighted by molar-refractivity contribution is -0.0924. The van der Waals surface area contributed by atoms with Gasteiger partial charge in [0.25, 0.3) is 0 Å². The van der Waals surface area contributed by atoms with Gasteiger partial charge >= 0.3 is 0 Å². The zero-order valence-corrected chi connectivity index (χ0v) is 15.0. The van der Waals surface area contributed by atoms with Crippen molar-refractivity contribution in [2.24, 2.45) is 0 Å². The van der Waals surface area contributed by atoms with E-state index in [0.29, 0.717) is 12.1 Å². The molecule has 1 aromatic carbocycles. The Labute approximate surface area is 145 Å². The fourth-order valence-electron chi connectivity index (χ4n) is 4.31. The van der Waals surface area contributed by atoms with Gasteiger partial charge in [-0.2, -0.15) is 0 Å². The third kappa shape index (κ3) is 3.37. The van der Waals surface area contributed by atoms with Gasteiger partial charge < -0.3 is 14.2 Å². The Morgan fingerprint density at radius 3 is 2.79 bits per heavy atom. The second-order valence-corrected chi connectivity index (χ2v) is 6.81. The molecular formula is C20H29NO3. The SMILES string of the molecule is COc1ccccc1/C=C/CN1CC[C@]2(OC)CC[C@@H](OC)C[C@H]12. The number of rotatable bonds is 6. The Bertz CT molecular complexity index is 574. The molecule has 3 atom stereocenters. The third-order valence-corrected chi connectivity index (χ3v) is 5.76. The number of benzene rings is 1. The summed E-state index contributed by atoms with van der Waals surface area (Å²) in [6, 6.07) is 8.56. The third-order valence-electron chi connectivity index (χ3n) is 5.76. The quantitative estimate of drug-likeness (QED) is 0.800. The number of hydrogen-bond donors (Lipinski definition) is 0. The van der Waals surface area contributed by atoms with E-state index >= 15 is 0 Å². The van der Waals surface area contributed by atoms with E-state index in [2.05, 4.69) is 23.1 Å². The summed E-state index contributed by atoms with van der Waals surface area (Å²) in [5.74, 6) is 0.915. The predicted molar refractivity (Wildman–Crippen MR) is 96.4 cm³/mol. The zero-order chi connectivity index (χ0) is 17.0. The van der Waals surface area contributed by atoms with E-state index in [0.717, 1.165) is 50.1 Å². The van der Waals surface area contributed by atoms with Gasteiger partial charge in [-0.05, 0) is 31.7 Å². The van der Waals surface area contributed by atoms with Crippen LogP contribution in [0.4, 0.5) is 0 Å². The Kier molecular flexibility index (Phi) is 5.59. The molecule has 2 fully saturated rings. The summed E-state index contributed by atoms with van der Waals surface area (Å²) in [7, 11) is 5.41. The van der Waals surface area contributed by atoms with E-state index in [4.69, 9.17) is 14.2 Å². The molecule has 4 nitrogen and oxygen atoms in total. The van der Waals surface area contributed by atoms with Crippen LogP contribution in [0, 0.1) is 0 Å². The molecule has 0 unspecified atom stereocenters. The molecule has 1 aliphatic carbocycles. The first-order valence-corrected chi connectivity index (χ1v) is 8.84. The van der Waals surface area contributed by atoms with Crippen molar-refractivity contribution in [3.63, 3.8) is 0 Å². The predicted octanol–water partition coefficient (Wildman–Crippen LogP) is 3.37. The monoisotopic (exact) mass is 331 g/mol. The van der Waals surface area contributed by atoms with Gasteiger partial charge in [0.05, 0.1) is 18.8 Å². The second-order valence-electron chi connectivity index (χ2n) is 6.81. The van der Waals surface area contributed by atoms with E-state index in [9.17, 15) is 0 Å². The van der Waals surface area contributed by atoms with E-state index in [1.54, 1.807) is 7.11 Å². The van der Waals surface area contributed by atoms with Crippen molar-refractivity contribution < 1.29 is 14.2 Å². The zero-order valence-electron chi connectivity index (χ0n) is 15.0. The molecule has 1 aliphatic heterocycles. The normalized spacial score (nSPS) is 30.6. The second kappa shape index (κ2) is 7.68. The topological polar surface area (TPSA) is 30.9 Å². The number of nitrogens with zero attached hydrogens (tertiary/aromatic N) is 1. The van der Waals surface area contributed by atoms with Gasteiger partial charge in [-0.3, -0.25) is 4.90 Å². The molecule has 24 heavy (non-hydrogen) atoms. The van der Waals surface area contributed by atoms with Crippen molar-refractivity contribution in [1.29, 1.82) is 0 Å². The summed E-state index contributed by atoms with van der Waals surface area (Å²) < 4.78 is 17.0. The molecule has 0 aromatic heterocycles. The largest absolute Gasteiger partial charge is 0.496 e. The first kappa shape index (κ1) is 17.5. The molecule has 0 spiro atoms. The Morgan fingerprint density at radius 2 is 2.04 bits per heavy atom. The molecule has 132 valence electrons. The standard InChI is InChI=1S/C20H29NO3/c1-22-17-10-11-20(24-3)12-14-21(19(20)15-17)13-6-8-16-7-4-5-9-18(16)23-2/h4-9,17,19H,10-15H2,1-3H3/b8-6+/t17-,19+,20-/m1/s1. The van der Waals surface area contributed by atoms with Crippen LogP contribution >= 0.6 is 0 Å². The highest BCUT2D eigenvalue weighted by Crippen LogP contribution is 2.42. The summed E-state index contributed by atoms with van der Waals surface area (Å²) in [6.07, 6.45) is 9.13. The lowest BCUT2D eigenvalue weighted by Crippen LogP contribution is -2.51. The average Bonchev–Trinajstić information content (AvgIpc) is 3.00. The highest BCUT2D eigenvalue weighted by atomic mass is 16.5. The molecule has 1 heterocycles. The minimum Gasteiger partial charge on any atom is -0.496 e. The van der Waals surface area contributed by atoms with Gasteiger partial charge in [0.15, 0.2) is 0 Å². The van der Waals surface area contributed by atoms with Crippen molar-refractivity contribution in [3.05, 3.63) is 35.9 Å². The Morgan fingerprint density at radius 1 is 1.21 bits per heavy atom. The van der Waals surface area contributed by atoms with Gasteiger partial charge in [-0.15, -0.1) is 0 Å². The van der Waals surface area contributed by atoms with Crippen LogP contribution < -0.4 is 4.74 Å². The summed E-state index contributed by atoms with van der Waals surface area (Å²) in [5.41, 5.74) is 1.14. The smallest absolute Gasteiger partial charge is 0.126 e. The molecule has 0 N–H and O–H groups in total. The Hall–Kier alpha value is -1.36. The Balaban J connectivity index is 1.67. The number of fused-ring (bicyclic) bond motifs is 1. The minimum atomic E-state index is 0.0211. The minimum absolute atomic E-state index is 0.0211. The summed E-state index contributed by atoms with van der Waals surface area (Å²) in [6.45, 7) is 2.02. The lowest BCUT2D eigenvalue weighted by atomic mass is 9.79. The number of hydrogen-bond acceptors (Lipinski definition) is 4. The van der Waals surface area contributed by atoms with Gasteiger partial charge in [0.1, 0.15) is 5.75 Å². The van der Waals surface area contributed by atoms with Gasteiger partial charge in [0, 0.05) is 38.9 Å². The maximum absolute atomic E-state index is 5.99. The van der Waals surface area contributed by atoms with Crippen LogP contribution in [0.25, 0.3) is 6.08 Å². The summed E-state index contributed by atoms with van der Waals surface area (Å²) >= 11 is 0. The van der Waals surface area contributed by atoms with Crippen LogP contribution in [-0.4, -0.2) is 57.1 Å². The summed E-state index contributed by atoms with van der Waals surface area (Å²) in [5, 5.41) is 0. The van der Waals surface area contributed by atoms with Crippen LogP contribution in [0.1, 0.15) is 31.2 Å². The van der Waals surface area contributed by atoms with Crippen LogP contribution in [0.2, 0.25) is 0 Å². The van der Waals surface area contributed by atoms with Gasteiger partial charge in [0.2, 0.25) is 0 Å². The molecule has 0 radical (unpaired) electrons. The van der Waals surface area contributed by atoms with Crippen molar-refractivity contribution in [1.82, 2.24) is 4.90 Å². The van der Waals surface area contributed by atoms with E-state index in [1.807, 2.05) is 32.4 Å². The van der Waals surface area contributed by atoms with Crippen molar-refractivity contribution in [2.75, 3.05) is 34.4 Å². The fraction of sp³-hybridized carbons (Fsp3) is 0.600. The number of likely N-dealkylation sites (tertiary alicyclic amines) is 1.